The van der Waals surface area contributed by atoms with Crippen LogP contribution in [0, 0.1) is 5.92 Å². The minimum Gasteiger partial charge on any atom is -0.352 e. The minimum absolute atomic E-state index is 0.0331. The molecular weight excluding hydrogens is 464 g/mol. The highest BCUT2D eigenvalue weighted by Gasteiger charge is 2.35. The fourth-order valence-electron chi connectivity index (χ4n) is 3.94. The van der Waals surface area contributed by atoms with Gasteiger partial charge in [0.15, 0.2) is 0 Å². The van der Waals surface area contributed by atoms with Gasteiger partial charge in [0.1, 0.15) is 16.1 Å². The standard InChI is InChI=1S/C23H27ClN4O4S/c24-21-20(7-4-12-25-21)33(31,32)28-13-10-17(11-14-28)22(29)27-19(23(30)26-18-8-9-18)15-16-5-2-1-3-6-16/h1-7,12,17-19H,8-11,13-15H2,(H,26,30)(H,27,29). The Hall–Kier alpha value is -2.49. The van der Waals surface area contributed by atoms with Crippen molar-refractivity contribution < 1.29 is 18.0 Å². The van der Waals surface area contributed by atoms with Crippen molar-refractivity contribution in [2.45, 2.75) is 49.1 Å². The Kier molecular flexibility index (Phi) is 7.31. The van der Waals surface area contributed by atoms with Crippen LogP contribution in [0.3, 0.4) is 0 Å². The average Bonchev–Trinajstić information content (AvgIpc) is 3.63. The Balaban J connectivity index is 1.38. The first-order valence-corrected chi connectivity index (χ1v) is 12.9. The number of pyridine rings is 1. The number of amides is 2. The lowest BCUT2D eigenvalue weighted by atomic mass is 9.96. The van der Waals surface area contributed by atoms with Crippen LogP contribution in [-0.4, -0.2) is 54.7 Å². The van der Waals surface area contributed by atoms with E-state index in [1.54, 1.807) is 0 Å². The Labute approximate surface area is 198 Å². The van der Waals surface area contributed by atoms with E-state index in [0.29, 0.717) is 19.3 Å². The maximum atomic E-state index is 13.0. The second kappa shape index (κ2) is 10.2. The molecule has 1 aliphatic carbocycles. The van der Waals surface area contributed by atoms with Crippen LogP contribution in [0.15, 0.2) is 53.6 Å². The zero-order chi connectivity index (χ0) is 23.4. The summed E-state index contributed by atoms with van der Waals surface area (Å²) in [4.78, 5) is 29.6. The largest absolute Gasteiger partial charge is 0.352 e. The number of nitrogens with zero attached hydrogens (tertiary/aromatic N) is 2. The summed E-state index contributed by atoms with van der Waals surface area (Å²) >= 11 is 5.98. The SMILES string of the molecule is O=C(NC(Cc1ccccc1)C(=O)NC1CC1)C1CCN(S(=O)(=O)c2cccnc2Cl)CC1. The molecule has 4 rings (SSSR count). The van der Waals surface area contributed by atoms with Crippen molar-refractivity contribution in [3.05, 3.63) is 59.4 Å². The molecule has 1 aromatic carbocycles. The predicted octanol–water partition coefficient (Wildman–Crippen LogP) is 2.14. The van der Waals surface area contributed by atoms with Crippen LogP contribution in [-0.2, 0) is 26.0 Å². The molecule has 2 heterocycles. The lowest BCUT2D eigenvalue weighted by molar-refractivity contribution is -0.131. The van der Waals surface area contributed by atoms with Crippen molar-refractivity contribution in [3.63, 3.8) is 0 Å². The molecule has 2 fully saturated rings. The fourth-order valence-corrected chi connectivity index (χ4v) is 5.84. The van der Waals surface area contributed by atoms with Gasteiger partial charge in [-0.15, -0.1) is 0 Å². The molecule has 2 aromatic rings. The summed E-state index contributed by atoms with van der Waals surface area (Å²) in [6.07, 6.45) is 4.49. The van der Waals surface area contributed by atoms with Gasteiger partial charge in [-0.2, -0.15) is 4.31 Å². The third-order valence-electron chi connectivity index (χ3n) is 6.01. The summed E-state index contributed by atoms with van der Waals surface area (Å²) in [6.45, 7) is 0.395. The molecule has 10 heteroatoms. The summed E-state index contributed by atoms with van der Waals surface area (Å²) in [5.41, 5.74) is 0.961. The molecule has 176 valence electrons. The van der Waals surface area contributed by atoms with Crippen molar-refractivity contribution in [1.29, 1.82) is 0 Å². The van der Waals surface area contributed by atoms with Crippen LogP contribution in [0.2, 0.25) is 5.15 Å². The third kappa shape index (κ3) is 5.90. The van der Waals surface area contributed by atoms with Gasteiger partial charge in [-0.3, -0.25) is 9.59 Å². The van der Waals surface area contributed by atoms with E-state index in [1.165, 1.54) is 22.6 Å². The van der Waals surface area contributed by atoms with Gasteiger partial charge in [0.2, 0.25) is 21.8 Å². The minimum atomic E-state index is -3.78. The van der Waals surface area contributed by atoms with E-state index < -0.39 is 16.1 Å². The summed E-state index contributed by atoms with van der Waals surface area (Å²) in [6, 6.07) is 12.0. The van der Waals surface area contributed by atoms with E-state index in [2.05, 4.69) is 15.6 Å². The molecule has 0 spiro atoms. The highest BCUT2D eigenvalue weighted by Crippen LogP contribution is 2.27. The summed E-state index contributed by atoms with van der Waals surface area (Å²) < 4.78 is 27.2. The van der Waals surface area contributed by atoms with Gasteiger partial charge in [0.05, 0.1) is 0 Å². The van der Waals surface area contributed by atoms with Gasteiger partial charge < -0.3 is 10.6 Å². The Bertz CT molecular complexity index is 1100. The number of sulfonamides is 1. The summed E-state index contributed by atoms with van der Waals surface area (Å²) in [5, 5.41) is 5.82. The number of piperidine rings is 1. The van der Waals surface area contributed by atoms with E-state index in [0.717, 1.165) is 18.4 Å². The normalized spacial score (nSPS) is 18.5. The topological polar surface area (TPSA) is 108 Å². The zero-order valence-electron chi connectivity index (χ0n) is 18.1. The number of halogens is 1. The van der Waals surface area contributed by atoms with Crippen LogP contribution >= 0.6 is 11.6 Å². The Morgan fingerprint density at radius 2 is 1.76 bits per heavy atom. The zero-order valence-corrected chi connectivity index (χ0v) is 19.7. The molecule has 1 saturated carbocycles. The van der Waals surface area contributed by atoms with Crippen molar-refractivity contribution in [2.24, 2.45) is 5.92 Å². The number of hydrogen-bond acceptors (Lipinski definition) is 5. The number of hydrogen-bond donors (Lipinski definition) is 2. The molecule has 33 heavy (non-hydrogen) atoms. The van der Waals surface area contributed by atoms with E-state index >= 15 is 0 Å². The first-order chi connectivity index (χ1) is 15.8. The van der Waals surface area contributed by atoms with Crippen molar-refractivity contribution in [1.82, 2.24) is 19.9 Å². The molecule has 2 amide bonds. The monoisotopic (exact) mass is 490 g/mol. The van der Waals surface area contributed by atoms with Gasteiger partial charge in [-0.05, 0) is 43.4 Å². The van der Waals surface area contributed by atoms with Gasteiger partial charge >= 0.3 is 0 Å². The highest BCUT2D eigenvalue weighted by atomic mass is 35.5. The molecule has 0 radical (unpaired) electrons. The van der Waals surface area contributed by atoms with Crippen molar-refractivity contribution in [3.8, 4) is 0 Å². The van der Waals surface area contributed by atoms with Gasteiger partial charge in [0, 0.05) is 37.7 Å². The van der Waals surface area contributed by atoms with Gasteiger partial charge in [-0.25, -0.2) is 13.4 Å². The highest BCUT2D eigenvalue weighted by molar-refractivity contribution is 7.89. The number of rotatable bonds is 8. The molecule has 1 saturated heterocycles. The van der Waals surface area contributed by atoms with Gasteiger partial charge in [0.25, 0.3) is 0 Å². The number of carbonyl (C=O) groups excluding carboxylic acids is 2. The molecule has 2 aliphatic rings. The third-order valence-corrected chi connectivity index (χ3v) is 8.35. The average molecular weight is 491 g/mol. The number of nitrogens with one attached hydrogen (secondary N) is 2. The van der Waals surface area contributed by atoms with E-state index in [-0.39, 0.29) is 46.9 Å². The predicted molar refractivity (Wildman–Crippen MR) is 124 cm³/mol. The molecule has 0 bridgehead atoms. The molecule has 1 unspecified atom stereocenters. The molecule has 1 aromatic heterocycles. The Morgan fingerprint density at radius 1 is 1.06 bits per heavy atom. The maximum absolute atomic E-state index is 13.0. The summed E-state index contributed by atoms with van der Waals surface area (Å²) in [5.74, 6) is -0.771. The van der Waals surface area contributed by atoms with Crippen LogP contribution in [0.5, 0.6) is 0 Å². The van der Waals surface area contributed by atoms with E-state index in [4.69, 9.17) is 11.6 Å². The molecule has 8 nitrogen and oxygen atoms in total. The maximum Gasteiger partial charge on any atom is 0.246 e. The lowest BCUT2D eigenvalue weighted by Crippen LogP contribution is -2.51. The van der Waals surface area contributed by atoms with Crippen LogP contribution in [0.1, 0.15) is 31.2 Å². The quantitative estimate of drug-likeness (QED) is 0.551. The Morgan fingerprint density at radius 3 is 2.39 bits per heavy atom. The number of carbonyl (C=O) groups is 2. The first-order valence-electron chi connectivity index (χ1n) is 11.1. The van der Waals surface area contributed by atoms with Crippen LogP contribution in [0.4, 0.5) is 0 Å². The van der Waals surface area contributed by atoms with Crippen molar-refractivity contribution >= 4 is 33.4 Å². The molecule has 1 aliphatic heterocycles. The van der Waals surface area contributed by atoms with E-state index in [9.17, 15) is 18.0 Å². The first kappa shape index (κ1) is 23.7. The molecular formula is C23H27ClN4O4S. The van der Waals surface area contributed by atoms with Gasteiger partial charge in [-0.1, -0.05) is 41.9 Å². The summed E-state index contributed by atoms with van der Waals surface area (Å²) in [7, 11) is -3.78. The smallest absolute Gasteiger partial charge is 0.246 e. The molecule has 2 N–H and O–H groups in total. The number of aromatic nitrogens is 1. The number of benzene rings is 1. The van der Waals surface area contributed by atoms with Crippen LogP contribution < -0.4 is 10.6 Å². The molecule has 1 atom stereocenters. The second-order valence-electron chi connectivity index (χ2n) is 8.50. The lowest BCUT2D eigenvalue weighted by Gasteiger charge is -2.31. The van der Waals surface area contributed by atoms with Crippen LogP contribution in [0.25, 0.3) is 0 Å². The van der Waals surface area contributed by atoms with Crippen molar-refractivity contribution in [2.75, 3.05) is 13.1 Å². The fraction of sp³-hybridized carbons (Fsp3) is 0.435. The van der Waals surface area contributed by atoms with E-state index in [1.807, 2.05) is 30.3 Å². The second-order valence-corrected chi connectivity index (χ2v) is 10.8.